The summed E-state index contributed by atoms with van der Waals surface area (Å²) in [6, 6.07) is 17.6. The van der Waals surface area contributed by atoms with Crippen LogP contribution in [-0.4, -0.2) is 15.7 Å². The van der Waals surface area contributed by atoms with Crippen molar-refractivity contribution in [3.8, 4) is 0 Å². The van der Waals surface area contributed by atoms with E-state index in [-0.39, 0.29) is 5.56 Å². The van der Waals surface area contributed by atoms with E-state index in [1.165, 1.54) is 16.9 Å². The molecule has 5 heteroatoms. The van der Waals surface area contributed by atoms with E-state index in [2.05, 4.69) is 18.2 Å². The van der Waals surface area contributed by atoms with Crippen LogP contribution in [0, 0.1) is 0 Å². The number of fused-ring (bicyclic) bond motifs is 1. The molecule has 1 heterocycles. The van der Waals surface area contributed by atoms with Crippen molar-refractivity contribution < 1.29 is 10.0 Å². The Labute approximate surface area is 150 Å². The normalized spacial score (nSPS) is 11.4. The molecule has 26 heavy (non-hydrogen) atoms. The van der Waals surface area contributed by atoms with Gasteiger partial charge in [0.1, 0.15) is 0 Å². The lowest BCUT2D eigenvalue weighted by atomic mass is 10.0. The maximum absolute atomic E-state index is 12.4. The summed E-state index contributed by atoms with van der Waals surface area (Å²) in [5.74, 6) is -0.685. The number of benzene rings is 2. The second kappa shape index (κ2) is 8.09. The van der Waals surface area contributed by atoms with E-state index < -0.39 is 5.91 Å². The standard InChI is InChI=1S/C21H18N2O3/c24-20(22-26)13-12-18-10-5-15-23(21(18)25)14-4-9-17-8-3-7-16-6-1-2-11-19(16)17/h1-13,15,26H,14H2,(H,22,24)/b9-4+,13-12+. The molecular weight excluding hydrogens is 328 g/mol. The van der Waals surface area contributed by atoms with Gasteiger partial charge in [0.15, 0.2) is 0 Å². The average molecular weight is 346 g/mol. The molecule has 2 N–H and O–H groups in total. The summed E-state index contributed by atoms with van der Waals surface area (Å²) in [6.07, 6.45) is 8.10. The van der Waals surface area contributed by atoms with Crippen molar-refractivity contribution in [2.45, 2.75) is 6.54 Å². The number of carbonyl (C=O) groups excluding carboxylic acids is 1. The van der Waals surface area contributed by atoms with Crippen molar-refractivity contribution in [1.29, 1.82) is 0 Å². The maximum atomic E-state index is 12.4. The zero-order chi connectivity index (χ0) is 18.4. The molecule has 0 saturated heterocycles. The van der Waals surface area contributed by atoms with Gasteiger partial charge >= 0.3 is 0 Å². The molecule has 0 unspecified atom stereocenters. The van der Waals surface area contributed by atoms with Crippen molar-refractivity contribution >= 4 is 28.8 Å². The zero-order valence-corrected chi connectivity index (χ0v) is 14.0. The molecule has 0 atom stereocenters. The second-order valence-corrected chi connectivity index (χ2v) is 5.70. The number of rotatable bonds is 5. The molecule has 1 aromatic heterocycles. The molecule has 1 amide bonds. The fourth-order valence-electron chi connectivity index (χ4n) is 2.72. The summed E-state index contributed by atoms with van der Waals surface area (Å²) in [5, 5.41) is 10.8. The van der Waals surface area contributed by atoms with Crippen LogP contribution < -0.4 is 11.0 Å². The molecule has 0 aliphatic carbocycles. The molecule has 0 saturated carbocycles. The van der Waals surface area contributed by atoms with Gasteiger partial charge in [-0.3, -0.25) is 14.8 Å². The summed E-state index contributed by atoms with van der Waals surface area (Å²) >= 11 is 0. The van der Waals surface area contributed by atoms with Crippen molar-refractivity contribution in [2.24, 2.45) is 0 Å². The number of nitrogens with zero attached hydrogens (tertiary/aromatic N) is 1. The quantitative estimate of drug-likeness (QED) is 0.423. The molecule has 0 radical (unpaired) electrons. The number of allylic oxidation sites excluding steroid dienone is 1. The fourth-order valence-corrected chi connectivity index (χ4v) is 2.72. The van der Waals surface area contributed by atoms with Gasteiger partial charge in [-0.1, -0.05) is 54.6 Å². The Kier molecular flexibility index (Phi) is 5.41. The lowest BCUT2D eigenvalue weighted by molar-refractivity contribution is -0.124. The number of hydroxylamine groups is 1. The van der Waals surface area contributed by atoms with Crippen LogP contribution in [0.5, 0.6) is 0 Å². The molecule has 0 aliphatic heterocycles. The Morgan fingerprint density at radius 2 is 1.77 bits per heavy atom. The number of nitrogens with one attached hydrogen (secondary N) is 1. The third kappa shape index (κ3) is 3.96. The highest BCUT2D eigenvalue weighted by Crippen LogP contribution is 2.19. The monoisotopic (exact) mass is 346 g/mol. The van der Waals surface area contributed by atoms with Gasteiger partial charge in [-0.25, -0.2) is 5.48 Å². The Hall–Kier alpha value is -3.44. The third-order valence-electron chi connectivity index (χ3n) is 4.00. The minimum absolute atomic E-state index is 0.211. The van der Waals surface area contributed by atoms with Crippen LogP contribution in [-0.2, 0) is 11.3 Å². The SMILES string of the molecule is O=C(/C=C/c1cccn(C/C=C/c2cccc3ccccc23)c1=O)NO. The van der Waals surface area contributed by atoms with E-state index in [1.54, 1.807) is 22.9 Å². The lowest BCUT2D eigenvalue weighted by Gasteiger charge is -2.04. The first-order valence-electron chi connectivity index (χ1n) is 8.15. The van der Waals surface area contributed by atoms with E-state index in [4.69, 9.17) is 5.21 Å². The molecule has 130 valence electrons. The summed E-state index contributed by atoms with van der Waals surface area (Å²) in [4.78, 5) is 23.5. The van der Waals surface area contributed by atoms with Gasteiger partial charge in [0.25, 0.3) is 11.5 Å². The van der Waals surface area contributed by atoms with Gasteiger partial charge in [0.05, 0.1) is 0 Å². The fraction of sp³-hybridized carbons (Fsp3) is 0.0476. The first-order chi connectivity index (χ1) is 12.7. The Morgan fingerprint density at radius 3 is 2.62 bits per heavy atom. The summed E-state index contributed by atoms with van der Waals surface area (Å²) in [5.41, 5.74) is 2.74. The number of carbonyl (C=O) groups is 1. The number of hydrogen-bond acceptors (Lipinski definition) is 3. The van der Waals surface area contributed by atoms with Gasteiger partial charge in [-0.2, -0.15) is 0 Å². The molecular formula is C21H18N2O3. The second-order valence-electron chi connectivity index (χ2n) is 5.70. The summed E-state index contributed by atoms with van der Waals surface area (Å²) in [6.45, 7) is 0.413. The molecule has 0 spiro atoms. The summed E-state index contributed by atoms with van der Waals surface area (Å²) < 4.78 is 1.55. The predicted octanol–water partition coefficient (Wildman–Crippen LogP) is 3.23. The van der Waals surface area contributed by atoms with Crippen LogP contribution in [0.3, 0.4) is 0 Å². The minimum Gasteiger partial charge on any atom is -0.311 e. The topological polar surface area (TPSA) is 71.3 Å². The number of pyridine rings is 1. The molecule has 0 bridgehead atoms. The van der Waals surface area contributed by atoms with Gasteiger partial charge in [-0.15, -0.1) is 0 Å². The first kappa shape index (κ1) is 17.4. The van der Waals surface area contributed by atoms with Gasteiger partial charge in [-0.05, 0) is 34.5 Å². The number of amides is 1. The summed E-state index contributed by atoms with van der Waals surface area (Å²) in [7, 11) is 0. The van der Waals surface area contributed by atoms with Crippen molar-refractivity contribution in [2.75, 3.05) is 0 Å². The van der Waals surface area contributed by atoms with E-state index in [1.807, 2.05) is 36.4 Å². The van der Waals surface area contributed by atoms with Crippen LogP contribution >= 0.6 is 0 Å². The van der Waals surface area contributed by atoms with Crippen LogP contribution in [0.25, 0.3) is 22.9 Å². The van der Waals surface area contributed by atoms with E-state index in [9.17, 15) is 9.59 Å². The van der Waals surface area contributed by atoms with Crippen LogP contribution in [0.4, 0.5) is 0 Å². The largest absolute Gasteiger partial charge is 0.311 e. The highest BCUT2D eigenvalue weighted by atomic mass is 16.5. The molecule has 0 fully saturated rings. The Bertz CT molecular complexity index is 1040. The molecule has 3 rings (SSSR count). The van der Waals surface area contributed by atoms with Crippen LogP contribution in [0.2, 0.25) is 0 Å². The minimum atomic E-state index is -0.685. The highest BCUT2D eigenvalue weighted by Gasteiger charge is 2.00. The van der Waals surface area contributed by atoms with E-state index >= 15 is 0 Å². The number of aromatic nitrogens is 1. The third-order valence-corrected chi connectivity index (χ3v) is 4.00. The average Bonchev–Trinajstić information content (AvgIpc) is 2.68. The zero-order valence-electron chi connectivity index (χ0n) is 14.0. The van der Waals surface area contributed by atoms with Crippen LogP contribution in [0.15, 0.2) is 77.7 Å². The van der Waals surface area contributed by atoms with E-state index in [0.717, 1.165) is 17.0 Å². The Balaban J connectivity index is 1.81. The van der Waals surface area contributed by atoms with Gasteiger partial charge in [0.2, 0.25) is 0 Å². The molecule has 5 nitrogen and oxygen atoms in total. The van der Waals surface area contributed by atoms with Crippen molar-refractivity contribution in [3.63, 3.8) is 0 Å². The predicted molar refractivity (Wildman–Crippen MR) is 103 cm³/mol. The molecule has 0 aliphatic rings. The lowest BCUT2D eigenvalue weighted by Crippen LogP contribution is -2.21. The smallest absolute Gasteiger partial charge is 0.267 e. The molecule has 2 aromatic carbocycles. The van der Waals surface area contributed by atoms with E-state index in [0.29, 0.717) is 12.1 Å². The van der Waals surface area contributed by atoms with Crippen molar-refractivity contribution in [1.82, 2.24) is 10.0 Å². The number of hydrogen-bond donors (Lipinski definition) is 2. The molecule has 3 aromatic rings. The van der Waals surface area contributed by atoms with Gasteiger partial charge < -0.3 is 4.57 Å². The highest BCUT2D eigenvalue weighted by molar-refractivity contribution is 5.91. The van der Waals surface area contributed by atoms with Crippen LogP contribution in [0.1, 0.15) is 11.1 Å². The first-order valence-corrected chi connectivity index (χ1v) is 8.15. The van der Waals surface area contributed by atoms with Gasteiger partial charge in [0, 0.05) is 24.4 Å². The Morgan fingerprint density at radius 1 is 1.00 bits per heavy atom. The maximum Gasteiger partial charge on any atom is 0.267 e. The van der Waals surface area contributed by atoms with Crippen molar-refractivity contribution in [3.05, 3.63) is 94.4 Å².